The summed E-state index contributed by atoms with van der Waals surface area (Å²) in [5.74, 6) is 0.889. The van der Waals surface area contributed by atoms with Gasteiger partial charge in [-0.05, 0) is 37.3 Å². The number of para-hydroxylation sites is 1. The van der Waals surface area contributed by atoms with Crippen molar-refractivity contribution < 1.29 is 9.53 Å². The third kappa shape index (κ3) is 3.12. The first kappa shape index (κ1) is 15.3. The molecule has 3 rings (SSSR count). The molecular formula is C18H26N2O2. The van der Waals surface area contributed by atoms with Crippen LogP contribution in [0.25, 0.3) is 0 Å². The Balaban J connectivity index is 1.63. The van der Waals surface area contributed by atoms with Gasteiger partial charge in [-0.15, -0.1) is 0 Å². The van der Waals surface area contributed by atoms with E-state index in [0.29, 0.717) is 19.2 Å². The maximum atomic E-state index is 12.6. The molecule has 2 atom stereocenters. The van der Waals surface area contributed by atoms with E-state index in [0.717, 1.165) is 24.3 Å². The van der Waals surface area contributed by atoms with Crippen LogP contribution in [0.2, 0.25) is 0 Å². The maximum Gasteiger partial charge on any atom is 0.227 e. The Kier molecular flexibility index (Phi) is 4.39. The van der Waals surface area contributed by atoms with Gasteiger partial charge in [0.1, 0.15) is 5.75 Å². The van der Waals surface area contributed by atoms with Crippen molar-refractivity contribution >= 4 is 5.91 Å². The molecule has 2 unspecified atom stereocenters. The van der Waals surface area contributed by atoms with Crippen LogP contribution >= 0.6 is 0 Å². The highest BCUT2D eigenvalue weighted by Crippen LogP contribution is 2.34. The van der Waals surface area contributed by atoms with Crippen molar-refractivity contribution in [1.29, 1.82) is 0 Å². The van der Waals surface area contributed by atoms with Crippen LogP contribution in [0.3, 0.4) is 0 Å². The predicted octanol–water partition coefficient (Wildman–Crippen LogP) is 2.45. The molecule has 1 aromatic carbocycles. The fourth-order valence-electron chi connectivity index (χ4n) is 3.56. The Morgan fingerprint density at radius 1 is 1.41 bits per heavy atom. The van der Waals surface area contributed by atoms with E-state index in [1.54, 1.807) is 0 Å². The molecule has 1 saturated heterocycles. The molecule has 0 radical (unpaired) electrons. The van der Waals surface area contributed by atoms with Gasteiger partial charge < -0.3 is 15.4 Å². The summed E-state index contributed by atoms with van der Waals surface area (Å²) in [5, 5.41) is 6.71. The van der Waals surface area contributed by atoms with Gasteiger partial charge in [0.05, 0.1) is 12.5 Å². The maximum absolute atomic E-state index is 12.6. The number of hydrogen-bond acceptors (Lipinski definition) is 3. The summed E-state index contributed by atoms with van der Waals surface area (Å²) < 4.78 is 5.64. The number of rotatable bonds is 3. The molecule has 2 aliphatic rings. The van der Waals surface area contributed by atoms with E-state index in [1.807, 2.05) is 24.3 Å². The van der Waals surface area contributed by atoms with Gasteiger partial charge in [-0.3, -0.25) is 4.79 Å². The average molecular weight is 302 g/mol. The summed E-state index contributed by atoms with van der Waals surface area (Å²) in [4.78, 5) is 12.6. The highest BCUT2D eigenvalue weighted by Gasteiger charge is 2.33. The lowest BCUT2D eigenvalue weighted by Crippen LogP contribution is -2.53. The van der Waals surface area contributed by atoms with E-state index in [4.69, 9.17) is 4.74 Å². The minimum absolute atomic E-state index is 0.0864. The van der Waals surface area contributed by atoms with E-state index in [9.17, 15) is 4.79 Å². The van der Waals surface area contributed by atoms with Gasteiger partial charge in [0.25, 0.3) is 0 Å². The van der Waals surface area contributed by atoms with Crippen LogP contribution in [0.15, 0.2) is 24.3 Å². The van der Waals surface area contributed by atoms with Gasteiger partial charge in [-0.1, -0.05) is 32.0 Å². The van der Waals surface area contributed by atoms with Crippen LogP contribution in [-0.2, 0) is 4.79 Å². The fourth-order valence-corrected chi connectivity index (χ4v) is 3.56. The number of carbonyl (C=O) groups is 1. The molecule has 2 aliphatic heterocycles. The molecular weight excluding hydrogens is 276 g/mol. The molecule has 0 saturated carbocycles. The van der Waals surface area contributed by atoms with Gasteiger partial charge in [-0.25, -0.2) is 0 Å². The number of amides is 1. The van der Waals surface area contributed by atoms with Crippen molar-refractivity contribution in [2.45, 2.75) is 45.1 Å². The van der Waals surface area contributed by atoms with Crippen molar-refractivity contribution in [3.8, 4) is 5.75 Å². The SMILES string of the molecule is CC1(C)CCCNC1CNC(=O)C1CCOc2ccccc21. The number of carbonyl (C=O) groups excluding carboxylic acids is 1. The lowest BCUT2D eigenvalue weighted by molar-refractivity contribution is -0.123. The summed E-state index contributed by atoms with van der Waals surface area (Å²) in [7, 11) is 0. The highest BCUT2D eigenvalue weighted by atomic mass is 16.5. The van der Waals surface area contributed by atoms with Crippen LogP contribution in [0.4, 0.5) is 0 Å². The van der Waals surface area contributed by atoms with Gasteiger partial charge in [-0.2, -0.15) is 0 Å². The second kappa shape index (κ2) is 6.29. The molecule has 0 aromatic heterocycles. The van der Waals surface area contributed by atoms with Gasteiger partial charge in [0, 0.05) is 18.2 Å². The number of ether oxygens (including phenoxy) is 1. The van der Waals surface area contributed by atoms with E-state index in [1.165, 1.54) is 12.8 Å². The first-order valence-corrected chi connectivity index (χ1v) is 8.31. The zero-order valence-electron chi connectivity index (χ0n) is 13.5. The largest absolute Gasteiger partial charge is 0.493 e. The Bertz CT molecular complexity index is 542. The van der Waals surface area contributed by atoms with Crippen molar-refractivity contribution in [3.63, 3.8) is 0 Å². The van der Waals surface area contributed by atoms with Crippen molar-refractivity contribution in [2.24, 2.45) is 5.41 Å². The van der Waals surface area contributed by atoms with Gasteiger partial charge in [0.15, 0.2) is 0 Å². The molecule has 22 heavy (non-hydrogen) atoms. The lowest BCUT2D eigenvalue weighted by Gasteiger charge is -2.39. The van der Waals surface area contributed by atoms with Crippen LogP contribution in [0.1, 0.15) is 44.6 Å². The summed E-state index contributed by atoms with van der Waals surface area (Å²) in [6.07, 6.45) is 3.18. The second-order valence-corrected chi connectivity index (χ2v) is 7.07. The molecule has 1 aromatic rings. The predicted molar refractivity (Wildman–Crippen MR) is 87.1 cm³/mol. The summed E-state index contributed by atoms with van der Waals surface area (Å²) in [6.45, 7) is 6.91. The number of nitrogens with one attached hydrogen (secondary N) is 2. The van der Waals surface area contributed by atoms with E-state index in [-0.39, 0.29) is 17.2 Å². The van der Waals surface area contributed by atoms with Crippen LogP contribution in [-0.4, -0.2) is 31.6 Å². The Hall–Kier alpha value is -1.55. The monoisotopic (exact) mass is 302 g/mol. The smallest absolute Gasteiger partial charge is 0.227 e. The quantitative estimate of drug-likeness (QED) is 0.902. The Morgan fingerprint density at radius 2 is 2.23 bits per heavy atom. The molecule has 0 bridgehead atoms. The van der Waals surface area contributed by atoms with Crippen LogP contribution in [0.5, 0.6) is 5.75 Å². The molecule has 1 amide bonds. The molecule has 4 heteroatoms. The number of benzene rings is 1. The topological polar surface area (TPSA) is 50.4 Å². The number of fused-ring (bicyclic) bond motifs is 1. The fraction of sp³-hybridized carbons (Fsp3) is 0.611. The van der Waals surface area contributed by atoms with Crippen LogP contribution < -0.4 is 15.4 Å². The first-order valence-electron chi connectivity index (χ1n) is 8.31. The highest BCUT2D eigenvalue weighted by molar-refractivity contribution is 5.84. The summed E-state index contributed by atoms with van der Waals surface area (Å²) >= 11 is 0. The molecule has 120 valence electrons. The number of piperidine rings is 1. The van der Waals surface area contributed by atoms with Crippen molar-refractivity contribution in [1.82, 2.24) is 10.6 Å². The standard InChI is InChI=1S/C18H26N2O2/c1-18(2)9-5-10-19-16(18)12-20-17(21)14-8-11-22-15-7-4-3-6-13(14)15/h3-4,6-7,14,16,19H,5,8-12H2,1-2H3,(H,20,21). The molecule has 4 nitrogen and oxygen atoms in total. The van der Waals surface area contributed by atoms with Crippen molar-refractivity contribution in [2.75, 3.05) is 19.7 Å². The Labute approximate surface area is 132 Å². The number of hydrogen-bond donors (Lipinski definition) is 2. The van der Waals surface area contributed by atoms with E-state index >= 15 is 0 Å². The first-order chi connectivity index (χ1) is 10.6. The zero-order valence-corrected chi connectivity index (χ0v) is 13.5. The summed E-state index contributed by atoms with van der Waals surface area (Å²) in [6, 6.07) is 8.22. The third-order valence-electron chi connectivity index (χ3n) is 5.09. The minimum atomic E-state index is -0.0864. The third-order valence-corrected chi connectivity index (χ3v) is 5.09. The zero-order chi connectivity index (χ0) is 15.6. The van der Waals surface area contributed by atoms with E-state index < -0.39 is 0 Å². The Morgan fingerprint density at radius 3 is 3.05 bits per heavy atom. The molecule has 1 fully saturated rings. The van der Waals surface area contributed by atoms with Crippen molar-refractivity contribution in [3.05, 3.63) is 29.8 Å². The normalized spacial score (nSPS) is 26.6. The second-order valence-electron chi connectivity index (χ2n) is 7.07. The lowest BCUT2D eigenvalue weighted by atomic mass is 9.77. The molecule has 0 aliphatic carbocycles. The molecule has 2 heterocycles. The summed E-state index contributed by atoms with van der Waals surface area (Å²) in [5.41, 5.74) is 1.25. The van der Waals surface area contributed by atoms with Gasteiger partial charge >= 0.3 is 0 Å². The van der Waals surface area contributed by atoms with E-state index in [2.05, 4.69) is 24.5 Å². The average Bonchev–Trinajstić information content (AvgIpc) is 2.52. The molecule has 0 spiro atoms. The van der Waals surface area contributed by atoms with Crippen LogP contribution in [0, 0.1) is 5.41 Å². The minimum Gasteiger partial charge on any atom is -0.493 e. The molecule has 2 N–H and O–H groups in total. The van der Waals surface area contributed by atoms with Gasteiger partial charge in [0.2, 0.25) is 5.91 Å².